The fourth-order valence-corrected chi connectivity index (χ4v) is 3.86. The smallest absolute Gasteiger partial charge is 0.414 e. The lowest BCUT2D eigenvalue weighted by Crippen LogP contribution is -2.35. The van der Waals surface area contributed by atoms with E-state index < -0.39 is 22.2 Å². The number of cyclic esters (lactones) is 1. The molecule has 1 unspecified atom stereocenters. The summed E-state index contributed by atoms with van der Waals surface area (Å²) in [6.07, 6.45) is 0.511. The van der Waals surface area contributed by atoms with Gasteiger partial charge >= 0.3 is 6.09 Å². The van der Waals surface area contributed by atoms with Crippen molar-refractivity contribution in [3.8, 4) is 0 Å². The molecule has 0 aromatic heterocycles. The summed E-state index contributed by atoms with van der Waals surface area (Å²) in [5.74, 6) is 0.0994. The van der Waals surface area contributed by atoms with Gasteiger partial charge in [0.15, 0.2) is 0 Å². The second-order valence-corrected chi connectivity index (χ2v) is 9.36. The van der Waals surface area contributed by atoms with E-state index in [1.807, 2.05) is 31.2 Å². The van der Waals surface area contributed by atoms with E-state index >= 15 is 0 Å². The van der Waals surface area contributed by atoms with Crippen molar-refractivity contribution in [2.45, 2.75) is 52.1 Å². The van der Waals surface area contributed by atoms with Crippen molar-refractivity contribution in [3.63, 3.8) is 0 Å². The highest BCUT2D eigenvalue weighted by atomic mass is 32.2. The van der Waals surface area contributed by atoms with Gasteiger partial charge in [0.2, 0.25) is 10.0 Å². The van der Waals surface area contributed by atoms with E-state index in [4.69, 9.17) is 4.74 Å². The molecule has 1 N–H and O–H groups in total. The number of anilines is 1. The molecule has 0 spiro atoms. The molecule has 2 rings (SSSR count). The quantitative estimate of drug-likeness (QED) is 0.803. The number of rotatable bonds is 7. The molecule has 25 heavy (non-hydrogen) atoms. The Morgan fingerprint density at radius 3 is 2.44 bits per heavy atom. The van der Waals surface area contributed by atoms with E-state index in [-0.39, 0.29) is 17.7 Å². The molecule has 1 amide bonds. The number of carbonyl (C=O) groups excluding carboxylic acids is 1. The first kappa shape index (κ1) is 19.7. The van der Waals surface area contributed by atoms with Crippen LogP contribution in [0.1, 0.15) is 46.1 Å². The number of hydrogen-bond acceptors (Lipinski definition) is 4. The Balaban J connectivity index is 1.96. The number of nitrogens with one attached hydrogen (secondary N) is 1. The van der Waals surface area contributed by atoms with Crippen LogP contribution in [0.2, 0.25) is 0 Å². The van der Waals surface area contributed by atoms with Gasteiger partial charge < -0.3 is 4.74 Å². The first-order chi connectivity index (χ1) is 11.6. The van der Waals surface area contributed by atoms with Crippen molar-refractivity contribution >= 4 is 21.8 Å². The summed E-state index contributed by atoms with van der Waals surface area (Å²) in [5.41, 5.74) is 1.99. The number of ether oxygens (including phenoxy) is 1. The summed E-state index contributed by atoms with van der Waals surface area (Å²) in [6.45, 7) is 8.78. The first-order valence-corrected chi connectivity index (χ1v) is 10.3. The highest BCUT2D eigenvalue weighted by molar-refractivity contribution is 7.89. The highest BCUT2D eigenvalue weighted by Crippen LogP contribution is 2.27. The number of sulfonamides is 1. The third-order valence-electron chi connectivity index (χ3n) is 4.22. The van der Waals surface area contributed by atoms with Gasteiger partial charge in [0.05, 0.1) is 12.3 Å². The lowest BCUT2D eigenvalue weighted by molar-refractivity contribution is 0.143. The zero-order valence-corrected chi connectivity index (χ0v) is 16.2. The van der Waals surface area contributed by atoms with E-state index in [1.165, 1.54) is 10.5 Å². The summed E-state index contributed by atoms with van der Waals surface area (Å²) >= 11 is 0. The van der Waals surface area contributed by atoms with Crippen molar-refractivity contribution in [2.24, 2.45) is 0 Å². The largest absolute Gasteiger partial charge is 0.443 e. The number of amides is 1. The zero-order chi connectivity index (χ0) is 18.7. The van der Waals surface area contributed by atoms with Crippen molar-refractivity contribution in [1.29, 1.82) is 0 Å². The molecule has 1 aliphatic rings. The van der Waals surface area contributed by atoms with Crippen LogP contribution in [0, 0.1) is 0 Å². The molecule has 0 saturated carbocycles. The predicted molar refractivity (Wildman–Crippen MR) is 99.5 cm³/mol. The maximum absolute atomic E-state index is 12.1. The molecule has 0 radical (unpaired) electrons. The molecule has 1 heterocycles. The van der Waals surface area contributed by atoms with Crippen molar-refractivity contribution in [2.75, 3.05) is 23.7 Å². The van der Waals surface area contributed by atoms with Gasteiger partial charge in [-0.25, -0.2) is 17.9 Å². The fourth-order valence-electron chi connectivity index (χ4n) is 2.61. The summed E-state index contributed by atoms with van der Waals surface area (Å²) in [5, 5.41) is 0. The molecule has 1 aromatic carbocycles. The SMILES string of the molecule is CCCCS(=O)(=O)NCC1CN(c2ccc(C(C)(C)C)cc2)C(=O)O1. The second kappa shape index (κ2) is 7.74. The van der Waals surface area contributed by atoms with E-state index in [9.17, 15) is 13.2 Å². The van der Waals surface area contributed by atoms with Gasteiger partial charge in [0.25, 0.3) is 0 Å². The van der Waals surface area contributed by atoms with Gasteiger partial charge in [-0.2, -0.15) is 0 Å². The Morgan fingerprint density at radius 2 is 1.88 bits per heavy atom. The van der Waals surface area contributed by atoms with E-state index in [0.717, 1.165) is 12.1 Å². The van der Waals surface area contributed by atoms with Crippen LogP contribution in [0.3, 0.4) is 0 Å². The molecule has 140 valence electrons. The molecule has 1 fully saturated rings. The van der Waals surface area contributed by atoms with Crippen LogP contribution in [-0.4, -0.2) is 39.5 Å². The number of unbranched alkanes of at least 4 members (excludes halogenated alkanes) is 1. The number of carbonyl (C=O) groups is 1. The Morgan fingerprint density at radius 1 is 1.24 bits per heavy atom. The van der Waals surface area contributed by atoms with Crippen molar-refractivity contribution in [3.05, 3.63) is 29.8 Å². The molecule has 0 bridgehead atoms. The molecule has 1 aliphatic heterocycles. The van der Waals surface area contributed by atoms with Crippen LogP contribution < -0.4 is 9.62 Å². The third-order valence-corrected chi connectivity index (χ3v) is 5.65. The van der Waals surface area contributed by atoms with E-state index in [2.05, 4.69) is 25.5 Å². The van der Waals surface area contributed by atoms with Crippen molar-refractivity contribution < 1.29 is 17.9 Å². The zero-order valence-electron chi connectivity index (χ0n) is 15.4. The molecule has 1 atom stereocenters. The van der Waals surface area contributed by atoms with Crippen LogP contribution in [0.4, 0.5) is 10.5 Å². The first-order valence-electron chi connectivity index (χ1n) is 8.68. The van der Waals surface area contributed by atoms with Gasteiger partial charge in [-0.05, 0) is 29.5 Å². The Bertz CT molecular complexity index is 693. The Labute approximate surface area is 150 Å². The van der Waals surface area contributed by atoms with Crippen LogP contribution in [0.25, 0.3) is 0 Å². The summed E-state index contributed by atoms with van der Waals surface area (Å²) < 4.78 is 31.5. The molecule has 0 aliphatic carbocycles. The van der Waals surface area contributed by atoms with Gasteiger partial charge in [-0.15, -0.1) is 0 Å². The topological polar surface area (TPSA) is 75.7 Å². The molecular weight excluding hydrogens is 340 g/mol. The highest BCUT2D eigenvalue weighted by Gasteiger charge is 2.33. The van der Waals surface area contributed by atoms with Crippen LogP contribution >= 0.6 is 0 Å². The van der Waals surface area contributed by atoms with Crippen molar-refractivity contribution in [1.82, 2.24) is 4.72 Å². The maximum atomic E-state index is 12.1. The van der Waals surface area contributed by atoms with Crippen LogP contribution in [-0.2, 0) is 20.2 Å². The van der Waals surface area contributed by atoms with Crippen LogP contribution in [0.5, 0.6) is 0 Å². The Kier molecular flexibility index (Phi) is 6.11. The number of hydrogen-bond donors (Lipinski definition) is 1. The minimum atomic E-state index is -3.31. The summed E-state index contributed by atoms with van der Waals surface area (Å²) in [7, 11) is -3.31. The lowest BCUT2D eigenvalue weighted by atomic mass is 9.87. The monoisotopic (exact) mass is 368 g/mol. The summed E-state index contributed by atoms with van der Waals surface area (Å²) in [6, 6.07) is 7.80. The lowest BCUT2D eigenvalue weighted by Gasteiger charge is -2.20. The minimum absolute atomic E-state index is 0.0450. The van der Waals surface area contributed by atoms with E-state index in [0.29, 0.717) is 13.0 Å². The minimum Gasteiger partial charge on any atom is -0.443 e. The molecule has 7 heteroatoms. The van der Waals surface area contributed by atoms with Gasteiger partial charge in [0.1, 0.15) is 6.10 Å². The molecule has 1 saturated heterocycles. The fraction of sp³-hybridized carbons (Fsp3) is 0.611. The van der Waals surface area contributed by atoms with Gasteiger partial charge in [-0.3, -0.25) is 4.90 Å². The second-order valence-electron chi connectivity index (χ2n) is 7.43. The average molecular weight is 368 g/mol. The number of nitrogens with zero attached hydrogens (tertiary/aromatic N) is 1. The van der Waals surface area contributed by atoms with Gasteiger partial charge in [-0.1, -0.05) is 46.2 Å². The number of benzene rings is 1. The maximum Gasteiger partial charge on any atom is 0.414 e. The van der Waals surface area contributed by atoms with Crippen LogP contribution in [0.15, 0.2) is 24.3 Å². The standard InChI is InChI=1S/C18H28N2O4S/c1-5-6-11-25(22,23)19-12-16-13-20(17(21)24-16)15-9-7-14(8-10-15)18(2,3)4/h7-10,16,19H,5-6,11-13H2,1-4H3. The molecular formula is C18H28N2O4S. The third kappa shape index (κ3) is 5.44. The predicted octanol–water partition coefficient (Wildman–Crippen LogP) is 3.03. The summed E-state index contributed by atoms with van der Waals surface area (Å²) in [4.78, 5) is 13.6. The molecule has 1 aromatic rings. The van der Waals surface area contributed by atoms with E-state index in [1.54, 1.807) is 0 Å². The van der Waals surface area contributed by atoms with Gasteiger partial charge in [0, 0.05) is 12.2 Å². The molecule has 6 nitrogen and oxygen atoms in total. The normalized spacial score (nSPS) is 18.5. The Hall–Kier alpha value is -1.60. The average Bonchev–Trinajstić information content (AvgIpc) is 2.91.